The molecule has 0 radical (unpaired) electrons. The number of azo groups is 2. The Morgan fingerprint density at radius 1 is 0.768 bits per heavy atom. The average Bonchev–Trinajstić information content (AvgIpc) is 3.62. The largest absolute Gasteiger partial charge is 0.507 e. The molecule has 0 bridgehead atoms. The lowest BCUT2D eigenvalue weighted by Gasteiger charge is -2.34. The van der Waals surface area contributed by atoms with Gasteiger partial charge in [0.05, 0.1) is 42.0 Å². The van der Waals surface area contributed by atoms with Crippen LogP contribution in [0.15, 0.2) is 110 Å². The number of aryl methyl sites for hydroxylation is 2. The van der Waals surface area contributed by atoms with Gasteiger partial charge in [0.1, 0.15) is 22.6 Å². The second-order valence-electron chi connectivity index (χ2n) is 15.7. The van der Waals surface area contributed by atoms with Gasteiger partial charge in [-0.15, -0.1) is 0 Å². The summed E-state index contributed by atoms with van der Waals surface area (Å²) in [5.74, 6) is -5.80. The molecule has 6 rings (SSSR count). The van der Waals surface area contributed by atoms with Crippen LogP contribution in [0.2, 0.25) is 0 Å². The lowest BCUT2D eigenvalue weighted by Crippen LogP contribution is -2.56. The number of nitrogens with one attached hydrogen (secondary N) is 1. The topological polar surface area (TPSA) is 297 Å². The molecule has 21 nitrogen and oxygen atoms in total. The molecule has 0 saturated carbocycles. The number of benzene rings is 4. The SMILES string of the molecule is CCCCCOC(=O)NC1=NC(=O)N(C2OC(C)C(OC(=O)CCc3ccccc3/N=N/c3ccc(O)c(C(=O)O)c3)C2OC(=O)CCc2ccccc2/N=N/c2ccc(O)c(C(=O)O)c2)CC1F. The maximum Gasteiger partial charge on any atom is 0.412 e. The minimum atomic E-state index is -2.03. The van der Waals surface area contributed by atoms with Crippen LogP contribution < -0.4 is 5.32 Å². The number of unbranched alkanes of at least 4 members (excludes halogenated alkanes) is 2. The Hall–Kier alpha value is -8.14. The quantitative estimate of drug-likeness (QED) is 0.0255. The third kappa shape index (κ3) is 13.5. The molecule has 4 aromatic rings. The highest BCUT2D eigenvalue weighted by Gasteiger charge is 2.52. The number of rotatable bonds is 19. The number of aromatic hydroxyl groups is 2. The minimum Gasteiger partial charge on any atom is -0.507 e. The molecule has 362 valence electrons. The number of aliphatic imine (C=N–C) groups is 1. The molecule has 2 heterocycles. The number of amides is 3. The Morgan fingerprint density at radius 3 is 1.81 bits per heavy atom. The van der Waals surface area contributed by atoms with E-state index >= 15 is 4.39 Å². The van der Waals surface area contributed by atoms with Crippen molar-refractivity contribution < 1.29 is 72.5 Å². The molecule has 0 aromatic heterocycles. The van der Waals surface area contributed by atoms with Crippen LogP contribution in [-0.2, 0) is 41.4 Å². The van der Waals surface area contributed by atoms with Gasteiger partial charge in [-0.1, -0.05) is 56.2 Å². The summed E-state index contributed by atoms with van der Waals surface area (Å²) in [6.07, 6.45) is -6.53. The highest BCUT2D eigenvalue weighted by atomic mass is 19.1. The molecule has 5 N–H and O–H groups in total. The van der Waals surface area contributed by atoms with Gasteiger partial charge in [-0.3, -0.25) is 19.8 Å². The molecule has 69 heavy (non-hydrogen) atoms. The fourth-order valence-electron chi connectivity index (χ4n) is 7.17. The van der Waals surface area contributed by atoms with Crippen LogP contribution >= 0.6 is 0 Å². The van der Waals surface area contributed by atoms with Gasteiger partial charge in [-0.25, -0.2) is 23.6 Å². The lowest BCUT2D eigenvalue weighted by atomic mass is 10.1. The van der Waals surface area contributed by atoms with Crippen molar-refractivity contribution in [1.29, 1.82) is 0 Å². The molecule has 5 unspecified atom stereocenters. The van der Waals surface area contributed by atoms with Crippen molar-refractivity contribution in [2.75, 3.05) is 13.2 Å². The number of carbonyl (C=O) groups excluding carboxylic acids is 4. The second-order valence-corrected chi connectivity index (χ2v) is 15.7. The van der Waals surface area contributed by atoms with Gasteiger partial charge in [0, 0.05) is 12.8 Å². The number of alkyl carbamates (subject to hydrolysis) is 1. The van der Waals surface area contributed by atoms with Crippen molar-refractivity contribution in [3.05, 3.63) is 107 Å². The molecule has 22 heteroatoms. The Bertz CT molecular complexity index is 2660. The number of phenols is 2. The fraction of sp³-hybridized carbons (Fsp3) is 0.340. The number of amidine groups is 1. The number of esters is 2. The van der Waals surface area contributed by atoms with E-state index in [1.54, 1.807) is 48.5 Å². The van der Waals surface area contributed by atoms with Gasteiger partial charge in [0.2, 0.25) is 0 Å². The van der Waals surface area contributed by atoms with Gasteiger partial charge in [-0.2, -0.15) is 25.4 Å². The lowest BCUT2D eigenvalue weighted by molar-refractivity contribution is -0.169. The van der Waals surface area contributed by atoms with Gasteiger partial charge >= 0.3 is 36.0 Å². The minimum absolute atomic E-state index is 0.0372. The highest BCUT2D eigenvalue weighted by molar-refractivity contribution is 6.05. The van der Waals surface area contributed by atoms with Crippen molar-refractivity contribution in [2.24, 2.45) is 25.4 Å². The van der Waals surface area contributed by atoms with E-state index in [0.717, 1.165) is 29.9 Å². The number of nitrogens with zero attached hydrogens (tertiary/aromatic N) is 6. The molecular formula is C47H48FN7O14. The van der Waals surface area contributed by atoms with Crippen LogP contribution in [0.5, 0.6) is 11.5 Å². The molecule has 0 aliphatic carbocycles. The van der Waals surface area contributed by atoms with E-state index in [9.17, 15) is 49.2 Å². The maximum absolute atomic E-state index is 15.7. The number of hydrogen-bond donors (Lipinski definition) is 5. The molecular weight excluding hydrogens is 906 g/mol. The molecule has 2 aliphatic heterocycles. The van der Waals surface area contributed by atoms with E-state index in [1.165, 1.54) is 31.2 Å². The highest BCUT2D eigenvalue weighted by Crippen LogP contribution is 2.33. The van der Waals surface area contributed by atoms with Gasteiger partial charge in [0.15, 0.2) is 30.4 Å². The number of carbonyl (C=O) groups is 6. The first-order valence-corrected chi connectivity index (χ1v) is 21.7. The summed E-state index contributed by atoms with van der Waals surface area (Å²) in [7, 11) is 0. The first kappa shape index (κ1) is 50.3. The van der Waals surface area contributed by atoms with E-state index in [1.807, 2.05) is 6.92 Å². The number of halogens is 1. The van der Waals surface area contributed by atoms with Gasteiger partial charge in [0.25, 0.3) is 0 Å². The molecule has 2 aliphatic rings. The molecule has 0 spiro atoms. The van der Waals surface area contributed by atoms with Gasteiger partial charge < -0.3 is 39.4 Å². The molecule has 1 fully saturated rings. The molecule has 5 atom stereocenters. The predicted molar refractivity (Wildman–Crippen MR) is 241 cm³/mol. The molecule has 1 saturated heterocycles. The zero-order chi connectivity index (χ0) is 49.6. The molecule has 4 aromatic carbocycles. The summed E-state index contributed by atoms with van der Waals surface area (Å²) in [6.45, 7) is 2.86. The fourth-order valence-corrected chi connectivity index (χ4v) is 7.17. The number of carboxylic acid groups (broad SMARTS) is 2. The first-order chi connectivity index (χ1) is 33.1. The van der Waals surface area contributed by atoms with E-state index < -0.39 is 90.6 Å². The van der Waals surface area contributed by atoms with Crippen LogP contribution in [-0.4, -0.2) is 111 Å². The number of carboxylic acids is 2. The van der Waals surface area contributed by atoms with Crippen molar-refractivity contribution in [3.63, 3.8) is 0 Å². The standard InChI is InChI=1S/C47H48FN7O14/c1-3-4-9-22-66-47(65)50-42-33(48)25-55(46(64)49-42)43-41(69-39(59)21-15-28-11-6-8-13-35(28)54-52-30-17-19-37(57)32(24-30)45(62)63)40(26(2)67-43)68-38(58)20-14-27-10-5-7-12-34(27)53-51-29-16-18-36(56)31(23-29)44(60)61/h5-8,10-13,16-19,23-24,26,33,40-41,43,56-57H,3-4,9,14-15,20-22,25H2,1-2H3,(H,60,61)(H,62,63)(H,49,50,64,65)/b53-51+,54-52+. The zero-order valence-electron chi connectivity index (χ0n) is 37.3. The van der Waals surface area contributed by atoms with Crippen LogP contribution in [0.4, 0.5) is 36.7 Å². The zero-order valence-corrected chi connectivity index (χ0v) is 37.3. The van der Waals surface area contributed by atoms with Crippen LogP contribution in [0.25, 0.3) is 0 Å². The average molecular weight is 954 g/mol. The normalized spacial score (nSPS) is 19.1. The number of hydrogen-bond acceptors (Lipinski definition) is 16. The van der Waals surface area contributed by atoms with E-state index in [0.29, 0.717) is 28.9 Å². The Balaban J connectivity index is 1.17. The summed E-state index contributed by atoms with van der Waals surface area (Å²) in [6, 6.07) is 19.7. The number of urea groups is 1. The van der Waals surface area contributed by atoms with Crippen molar-refractivity contribution in [3.8, 4) is 11.5 Å². The number of alkyl halides is 1. The third-order valence-electron chi connectivity index (χ3n) is 10.7. The van der Waals surface area contributed by atoms with Gasteiger partial charge in [-0.05, 0) is 85.8 Å². The smallest absolute Gasteiger partial charge is 0.412 e. The summed E-state index contributed by atoms with van der Waals surface area (Å²) in [5, 5.41) is 57.2. The maximum atomic E-state index is 15.7. The van der Waals surface area contributed by atoms with Crippen LogP contribution in [0.3, 0.4) is 0 Å². The summed E-state index contributed by atoms with van der Waals surface area (Å²) in [5.41, 5.74) is 1.30. The van der Waals surface area contributed by atoms with Crippen molar-refractivity contribution >= 4 is 64.6 Å². The molecule has 3 amide bonds. The first-order valence-electron chi connectivity index (χ1n) is 21.7. The van der Waals surface area contributed by atoms with E-state index in [4.69, 9.17) is 18.9 Å². The number of ether oxygens (including phenoxy) is 4. The van der Waals surface area contributed by atoms with Crippen LogP contribution in [0, 0.1) is 0 Å². The summed E-state index contributed by atoms with van der Waals surface area (Å²) < 4.78 is 38.6. The Kier molecular flexibility index (Phi) is 17.2. The Morgan fingerprint density at radius 2 is 1.29 bits per heavy atom. The summed E-state index contributed by atoms with van der Waals surface area (Å²) >= 11 is 0. The number of aromatic carboxylic acids is 2. The van der Waals surface area contributed by atoms with E-state index in [2.05, 4.69) is 30.8 Å². The third-order valence-corrected chi connectivity index (χ3v) is 10.7. The Labute approximate surface area is 393 Å². The summed E-state index contributed by atoms with van der Waals surface area (Å²) in [4.78, 5) is 80.7. The second kappa shape index (κ2) is 23.5. The van der Waals surface area contributed by atoms with Crippen LogP contribution in [0.1, 0.15) is 77.8 Å². The van der Waals surface area contributed by atoms with Crippen molar-refractivity contribution in [1.82, 2.24) is 10.2 Å². The van der Waals surface area contributed by atoms with Crippen molar-refractivity contribution in [2.45, 2.75) is 89.5 Å². The predicted octanol–water partition coefficient (Wildman–Crippen LogP) is 8.55. The van der Waals surface area contributed by atoms with E-state index in [-0.39, 0.29) is 54.8 Å². The monoisotopic (exact) mass is 953 g/mol.